The number of amides is 3. The third kappa shape index (κ3) is 7.96. The highest BCUT2D eigenvalue weighted by Gasteiger charge is 2.41. The molecule has 1 aromatic rings. The molecule has 1 fully saturated rings. The summed E-state index contributed by atoms with van der Waals surface area (Å²) in [4.78, 5) is 53.1. The largest absolute Gasteiger partial charge is 0.466 e. The Hall–Kier alpha value is -3.10. The number of nitrogens with zero attached hydrogens (tertiary/aromatic N) is 1. The molecular weight excluding hydrogens is 462 g/mol. The number of hydrogen-bond donors (Lipinski definition) is 2. The predicted molar refractivity (Wildman–Crippen MR) is 136 cm³/mol. The highest BCUT2D eigenvalue weighted by molar-refractivity contribution is 5.92. The number of esters is 1. The molecule has 0 radical (unpaired) electrons. The smallest absolute Gasteiger partial charge is 0.408 e. The van der Waals surface area contributed by atoms with Gasteiger partial charge in [-0.05, 0) is 84.4 Å². The number of hydrogen-bond acceptors (Lipinski definition) is 6. The molecule has 1 aromatic carbocycles. The van der Waals surface area contributed by atoms with E-state index in [1.807, 2.05) is 32.0 Å². The topological polar surface area (TPSA) is 114 Å². The van der Waals surface area contributed by atoms with Crippen LogP contribution in [0.15, 0.2) is 18.2 Å². The van der Waals surface area contributed by atoms with E-state index in [-0.39, 0.29) is 37.4 Å². The molecule has 2 N–H and O–H groups in total. The van der Waals surface area contributed by atoms with Crippen molar-refractivity contribution in [2.45, 2.75) is 97.9 Å². The monoisotopic (exact) mass is 503 g/mol. The normalized spacial score (nSPS) is 15.2. The minimum absolute atomic E-state index is 0.0348. The van der Waals surface area contributed by atoms with Crippen LogP contribution in [-0.2, 0) is 23.9 Å². The van der Waals surface area contributed by atoms with Gasteiger partial charge in [-0.15, -0.1) is 0 Å². The zero-order chi connectivity index (χ0) is 27.0. The standard InChI is InChI=1S/C27H41N3O6/c1-8-35-22(31)15-16-28-24(32)23(21-14-9-11-17(2)18(21)3)30(20-12-10-13-20)25(33)19(4)29-26(34)36-27(5,6)7/h9,11,14,19-20,23H,8,10,12-13,15-16H2,1-7H3,(H,28,32)(H,29,34). The van der Waals surface area contributed by atoms with Crippen LogP contribution in [0.2, 0.25) is 0 Å². The van der Waals surface area contributed by atoms with Gasteiger partial charge in [0.25, 0.3) is 0 Å². The Morgan fingerprint density at radius 1 is 1.14 bits per heavy atom. The van der Waals surface area contributed by atoms with Gasteiger partial charge in [-0.1, -0.05) is 18.2 Å². The van der Waals surface area contributed by atoms with Gasteiger partial charge in [0.15, 0.2) is 0 Å². The lowest BCUT2D eigenvalue weighted by atomic mass is 9.87. The second kappa shape index (κ2) is 12.7. The molecule has 200 valence electrons. The van der Waals surface area contributed by atoms with Crippen molar-refractivity contribution in [3.05, 3.63) is 34.9 Å². The first-order chi connectivity index (χ1) is 16.9. The quantitative estimate of drug-likeness (QED) is 0.471. The van der Waals surface area contributed by atoms with E-state index in [0.29, 0.717) is 5.56 Å². The maximum atomic E-state index is 13.8. The van der Waals surface area contributed by atoms with Crippen LogP contribution in [0.3, 0.4) is 0 Å². The van der Waals surface area contributed by atoms with Gasteiger partial charge < -0.3 is 25.0 Å². The van der Waals surface area contributed by atoms with E-state index in [4.69, 9.17) is 9.47 Å². The predicted octanol–water partition coefficient (Wildman–Crippen LogP) is 3.71. The molecule has 36 heavy (non-hydrogen) atoms. The van der Waals surface area contributed by atoms with Crippen LogP contribution in [0.4, 0.5) is 4.79 Å². The Balaban J connectivity index is 2.36. The van der Waals surface area contributed by atoms with Crippen molar-refractivity contribution in [3.63, 3.8) is 0 Å². The molecule has 0 heterocycles. The average molecular weight is 504 g/mol. The summed E-state index contributed by atoms with van der Waals surface area (Å²) in [6.07, 6.45) is 1.82. The van der Waals surface area contributed by atoms with Crippen LogP contribution in [0.1, 0.15) is 83.0 Å². The van der Waals surface area contributed by atoms with Crippen molar-refractivity contribution >= 4 is 23.9 Å². The van der Waals surface area contributed by atoms with Gasteiger partial charge in [0.2, 0.25) is 11.8 Å². The molecule has 3 amide bonds. The zero-order valence-corrected chi connectivity index (χ0v) is 22.6. The van der Waals surface area contributed by atoms with Crippen molar-refractivity contribution in [2.75, 3.05) is 13.2 Å². The molecule has 0 bridgehead atoms. The summed E-state index contributed by atoms with van der Waals surface area (Å²) in [7, 11) is 0. The first-order valence-corrected chi connectivity index (χ1v) is 12.7. The summed E-state index contributed by atoms with van der Waals surface area (Å²) in [6.45, 7) is 12.8. The Labute approximate surface area is 214 Å². The van der Waals surface area contributed by atoms with E-state index in [1.165, 1.54) is 0 Å². The molecule has 0 aliphatic heterocycles. The van der Waals surface area contributed by atoms with Gasteiger partial charge in [0.1, 0.15) is 17.7 Å². The van der Waals surface area contributed by atoms with Gasteiger partial charge >= 0.3 is 12.1 Å². The summed E-state index contributed by atoms with van der Waals surface area (Å²) < 4.78 is 10.3. The molecule has 2 atom stereocenters. The van der Waals surface area contributed by atoms with Crippen molar-refractivity contribution < 1.29 is 28.7 Å². The minimum atomic E-state index is -0.909. The fraction of sp³-hybridized carbons (Fsp3) is 0.630. The summed E-state index contributed by atoms with van der Waals surface area (Å²) >= 11 is 0. The van der Waals surface area contributed by atoms with Crippen LogP contribution < -0.4 is 10.6 Å². The maximum absolute atomic E-state index is 13.8. The van der Waals surface area contributed by atoms with Crippen LogP contribution in [-0.4, -0.2) is 59.6 Å². The SMILES string of the molecule is CCOC(=O)CCNC(=O)C(c1cccc(C)c1C)N(C(=O)C(C)NC(=O)OC(C)(C)C)C1CCC1. The molecule has 1 aliphatic rings. The van der Waals surface area contributed by atoms with Crippen LogP contribution >= 0.6 is 0 Å². The van der Waals surface area contributed by atoms with E-state index in [9.17, 15) is 19.2 Å². The van der Waals surface area contributed by atoms with Crippen molar-refractivity contribution in [3.8, 4) is 0 Å². The number of ether oxygens (including phenoxy) is 2. The molecule has 0 saturated heterocycles. The van der Waals surface area contributed by atoms with Crippen molar-refractivity contribution in [2.24, 2.45) is 0 Å². The lowest BCUT2D eigenvalue weighted by Gasteiger charge is -2.43. The zero-order valence-electron chi connectivity index (χ0n) is 22.6. The van der Waals surface area contributed by atoms with E-state index in [1.54, 1.807) is 39.5 Å². The highest BCUT2D eigenvalue weighted by Crippen LogP contribution is 2.35. The fourth-order valence-corrected chi connectivity index (χ4v) is 4.06. The van der Waals surface area contributed by atoms with Crippen LogP contribution in [0.25, 0.3) is 0 Å². The second-order valence-electron chi connectivity index (χ2n) is 10.2. The van der Waals surface area contributed by atoms with Crippen molar-refractivity contribution in [1.82, 2.24) is 15.5 Å². The number of carbonyl (C=O) groups is 4. The molecule has 1 saturated carbocycles. The fourth-order valence-electron chi connectivity index (χ4n) is 4.06. The molecule has 9 heteroatoms. The van der Waals surface area contributed by atoms with E-state index in [2.05, 4.69) is 10.6 Å². The number of benzene rings is 1. The first kappa shape index (κ1) is 29.1. The summed E-state index contributed by atoms with van der Waals surface area (Å²) in [5.74, 6) is -1.14. The Morgan fingerprint density at radius 2 is 1.81 bits per heavy atom. The third-order valence-electron chi connectivity index (χ3n) is 6.23. The average Bonchev–Trinajstić information content (AvgIpc) is 2.73. The number of rotatable bonds is 10. The van der Waals surface area contributed by atoms with Crippen LogP contribution in [0.5, 0.6) is 0 Å². The third-order valence-corrected chi connectivity index (χ3v) is 6.23. The summed E-state index contributed by atoms with van der Waals surface area (Å²) in [5.41, 5.74) is 1.92. The van der Waals surface area contributed by atoms with E-state index >= 15 is 0 Å². The number of carbonyl (C=O) groups excluding carboxylic acids is 4. The number of alkyl carbamates (subject to hydrolysis) is 1. The van der Waals surface area contributed by atoms with E-state index < -0.39 is 29.7 Å². The molecule has 9 nitrogen and oxygen atoms in total. The Morgan fingerprint density at radius 3 is 2.36 bits per heavy atom. The van der Waals surface area contributed by atoms with Crippen molar-refractivity contribution in [1.29, 1.82) is 0 Å². The van der Waals surface area contributed by atoms with Gasteiger partial charge in [-0.3, -0.25) is 14.4 Å². The highest BCUT2D eigenvalue weighted by atomic mass is 16.6. The molecular formula is C27H41N3O6. The Kier molecular flexibility index (Phi) is 10.3. The van der Waals surface area contributed by atoms with Gasteiger partial charge in [-0.2, -0.15) is 0 Å². The first-order valence-electron chi connectivity index (χ1n) is 12.7. The summed E-state index contributed by atoms with van der Waals surface area (Å²) in [6, 6.07) is 3.72. The number of aryl methyl sites for hydroxylation is 1. The maximum Gasteiger partial charge on any atom is 0.408 e. The molecule has 1 aliphatic carbocycles. The molecule has 0 aromatic heterocycles. The van der Waals surface area contributed by atoms with Gasteiger partial charge in [0.05, 0.1) is 13.0 Å². The molecule has 2 unspecified atom stereocenters. The van der Waals surface area contributed by atoms with E-state index in [0.717, 1.165) is 30.4 Å². The lowest BCUT2D eigenvalue weighted by molar-refractivity contribution is -0.147. The minimum Gasteiger partial charge on any atom is -0.466 e. The molecule has 0 spiro atoms. The summed E-state index contributed by atoms with van der Waals surface area (Å²) in [5, 5.41) is 5.44. The van der Waals surface area contributed by atoms with Gasteiger partial charge in [-0.25, -0.2) is 4.79 Å². The molecule has 2 rings (SSSR count). The second-order valence-corrected chi connectivity index (χ2v) is 10.2. The lowest BCUT2D eigenvalue weighted by Crippen LogP contribution is -2.57. The van der Waals surface area contributed by atoms with Crippen LogP contribution in [0, 0.1) is 13.8 Å². The Bertz CT molecular complexity index is 951. The number of nitrogens with one attached hydrogen (secondary N) is 2. The van der Waals surface area contributed by atoms with Gasteiger partial charge in [0, 0.05) is 12.6 Å².